The van der Waals surface area contributed by atoms with Gasteiger partial charge in [0.2, 0.25) is 0 Å². The largest absolute Gasteiger partial charge is 0.456 e. The topological polar surface area (TPSA) is 16.4 Å². The Morgan fingerprint density at radius 1 is 0.778 bits per heavy atom. The molecule has 2 nitrogen and oxygen atoms in total. The number of furan rings is 1. The van der Waals surface area contributed by atoms with Gasteiger partial charge < -0.3 is 9.32 Å². The van der Waals surface area contributed by atoms with E-state index in [-0.39, 0.29) is 5.41 Å². The minimum Gasteiger partial charge on any atom is -0.456 e. The maximum atomic E-state index is 6.10. The van der Waals surface area contributed by atoms with Crippen molar-refractivity contribution >= 4 is 33.3 Å². The van der Waals surface area contributed by atoms with Crippen molar-refractivity contribution in [2.45, 2.75) is 46.1 Å². The standard InChI is InChI=1S/C25H27NO/c1-17(2)26(19-15-13-18(14-16-19)25(3,4)5)21-10-8-12-23-24(21)20-9-6-7-11-22(20)27-23/h6-17H,1-5H3. The van der Waals surface area contributed by atoms with E-state index < -0.39 is 0 Å². The summed E-state index contributed by atoms with van der Waals surface area (Å²) >= 11 is 0. The van der Waals surface area contributed by atoms with Crippen molar-refractivity contribution in [2.75, 3.05) is 4.90 Å². The van der Waals surface area contributed by atoms with Gasteiger partial charge in [-0.1, -0.05) is 57.2 Å². The Hall–Kier alpha value is -2.74. The lowest BCUT2D eigenvalue weighted by Crippen LogP contribution is -2.25. The quantitative estimate of drug-likeness (QED) is 0.379. The van der Waals surface area contributed by atoms with Gasteiger partial charge in [0.05, 0.1) is 11.1 Å². The van der Waals surface area contributed by atoms with Gasteiger partial charge in [-0.05, 0) is 55.2 Å². The maximum absolute atomic E-state index is 6.10. The first-order chi connectivity index (χ1) is 12.9. The number of anilines is 2. The molecule has 0 amide bonds. The molecule has 0 bridgehead atoms. The van der Waals surface area contributed by atoms with Crippen LogP contribution in [0.1, 0.15) is 40.2 Å². The summed E-state index contributed by atoms with van der Waals surface area (Å²) in [5, 5.41) is 2.35. The van der Waals surface area contributed by atoms with Crippen LogP contribution in [0.4, 0.5) is 11.4 Å². The first kappa shape index (κ1) is 17.7. The molecule has 0 aliphatic carbocycles. The van der Waals surface area contributed by atoms with Crippen LogP contribution >= 0.6 is 0 Å². The van der Waals surface area contributed by atoms with E-state index in [1.165, 1.54) is 27.7 Å². The monoisotopic (exact) mass is 357 g/mol. The summed E-state index contributed by atoms with van der Waals surface area (Å²) in [5.41, 5.74) is 5.77. The Morgan fingerprint density at radius 3 is 2.11 bits per heavy atom. The minimum atomic E-state index is 0.155. The summed E-state index contributed by atoms with van der Waals surface area (Å²) in [6, 6.07) is 23.9. The molecule has 1 heterocycles. The van der Waals surface area contributed by atoms with Crippen LogP contribution < -0.4 is 4.90 Å². The normalized spacial score (nSPS) is 12.2. The predicted molar refractivity (Wildman–Crippen MR) is 116 cm³/mol. The lowest BCUT2D eigenvalue weighted by atomic mass is 9.87. The van der Waals surface area contributed by atoms with E-state index in [0.717, 1.165) is 11.2 Å². The molecule has 27 heavy (non-hydrogen) atoms. The predicted octanol–water partition coefficient (Wildman–Crippen LogP) is 7.43. The molecule has 0 atom stereocenters. The molecule has 4 rings (SSSR count). The highest BCUT2D eigenvalue weighted by molar-refractivity contribution is 6.12. The van der Waals surface area contributed by atoms with Crippen molar-refractivity contribution in [1.82, 2.24) is 0 Å². The van der Waals surface area contributed by atoms with Crippen molar-refractivity contribution < 1.29 is 4.42 Å². The molecular weight excluding hydrogens is 330 g/mol. The highest BCUT2D eigenvalue weighted by Gasteiger charge is 2.20. The first-order valence-corrected chi connectivity index (χ1v) is 9.66. The number of hydrogen-bond donors (Lipinski definition) is 0. The molecule has 2 heteroatoms. The molecule has 1 aromatic heterocycles. The van der Waals surface area contributed by atoms with Crippen LogP contribution in [-0.2, 0) is 5.41 Å². The zero-order valence-corrected chi connectivity index (χ0v) is 16.8. The molecule has 138 valence electrons. The zero-order chi connectivity index (χ0) is 19.2. The van der Waals surface area contributed by atoms with Gasteiger partial charge in [-0.15, -0.1) is 0 Å². The molecular formula is C25H27NO. The third-order valence-electron chi connectivity index (χ3n) is 5.17. The lowest BCUT2D eigenvalue weighted by molar-refractivity contribution is 0.590. The Bertz CT molecular complexity index is 1080. The van der Waals surface area contributed by atoms with Crippen LogP contribution in [0.5, 0.6) is 0 Å². The summed E-state index contributed by atoms with van der Waals surface area (Å²) in [6.07, 6.45) is 0. The molecule has 0 N–H and O–H groups in total. The third-order valence-corrected chi connectivity index (χ3v) is 5.17. The van der Waals surface area contributed by atoms with Crippen LogP contribution in [0.25, 0.3) is 21.9 Å². The van der Waals surface area contributed by atoms with Crippen molar-refractivity contribution in [3.05, 3.63) is 72.3 Å². The second kappa shape index (κ2) is 6.45. The summed E-state index contributed by atoms with van der Waals surface area (Å²) < 4.78 is 6.10. The van der Waals surface area contributed by atoms with Crippen molar-refractivity contribution in [3.63, 3.8) is 0 Å². The van der Waals surface area contributed by atoms with Crippen LogP contribution in [-0.4, -0.2) is 6.04 Å². The number of para-hydroxylation sites is 1. The second-order valence-corrected chi connectivity index (χ2v) is 8.51. The first-order valence-electron chi connectivity index (χ1n) is 9.66. The number of fused-ring (bicyclic) bond motifs is 3. The minimum absolute atomic E-state index is 0.155. The lowest BCUT2D eigenvalue weighted by Gasteiger charge is -2.30. The Morgan fingerprint density at radius 2 is 1.44 bits per heavy atom. The zero-order valence-electron chi connectivity index (χ0n) is 16.8. The van der Waals surface area contributed by atoms with Crippen molar-refractivity contribution in [1.29, 1.82) is 0 Å². The summed E-state index contributed by atoms with van der Waals surface area (Å²) in [6.45, 7) is 11.2. The second-order valence-electron chi connectivity index (χ2n) is 8.51. The van der Waals surface area contributed by atoms with E-state index in [1.807, 2.05) is 12.1 Å². The Kier molecular flexibility index (Phi) is 4.22. The molecule has 0 unspecified atom stereocenters. The van der Waals surface area contributed by atoms with Gasteiger partial charge >= 0.3 is 0 Å². The van der Waals surface area contributed by atoms with Crippen LogP contribution in [0.2, 0.25) is 0 Å². The third kappa shape index (κ3) is 3.10. The molecule has 0 fully saturated rings. The van der Waals surface area contributed by atoms with Gasteiger partial charge in [-0.2, -0.15) is 0 Å². The molecule has 0 spiro atoms. The fourth-order valence-electron chi connectivity index (χ4n) is 3.79. The Labute approximate surface area is 161 Å². The molecule has 0 saturated heterocycles. The fraction of sp³-hybridized carbons (Fsp3) is 0.280. The van der Waals surface area contributed by atoms with Gasteiger partial charge in [0, 0.05) is 17.1 Å². The number of nitrogens with zero attached hydrogens (tertiary/aromatic N) is 1. The number of benzene rings is 3. The highest BCUT2D eigenvalue weighted by Crippen LogP contribution is 2.40. The van der Waals surface area contributed by atoms with Gasteiger partial charge in [0.15, 0.2) is 0 Å². The highest BCUT2D eigenvalue weighted by atomic mass is 16.3. The van der Waals surface area contributed by atoms with Crippen LogP contribution in [0, 0.1) is 0 Å². The summed E-state index contributed by atoms with van der Waals surface area (Å²) in [4.78, 5) is 2.40. The molecule has 4 aromatic rings. The maximum Gasteiger partial charge on any atom is 0.137 e. The average Bonchev–Trinajstić information content (AvgIpc) is 3.00. The van der Waals surface area contributed by atoms with Gasteiger partial charge in [-0.3, -0.25) is 0 Å². The SMILES string of the molecule is CC(C)N(c1ccc(C(C)(C)C)cc1)c1cccc2oc3ccccc3c12. The number of hydrogen-bond acceptors (Lipinski definition) is 2. The van der Waals surface area contributed by atoms with Gasteiger partial charge in [0.25, 0.3) is 0 Å². The van der Waals surface area contributed by atoms with E-state index in [1.54, 1.807) is 0 Å². The molecule has 3 aromatic carbocycles. The molecule has 0 aliphatic rings. The number of rotatable bonds is 3. The summed E-state index contributed by atoms with van der Waals surface area (Å²) in [7, 11) is 0. The van der Waals surface area contributed by atoms with Crippen LogP contribution in [0.3, 0.4) is 0 Å². The smallest absolute Gasteiger partial charge is 0.137 e. The van der Waals surface area contributed by atoms with E-state index in [2.05, 4.69) is 94.1 Å². The van der Waals surface area contributed by atoms with Crippen molar-refractivity contribution in [3.8, 4) is 0 Å². The van der Waals surface area contributed by atoms with E-state index >= 15 is 0 Å². The van der Waals surface area contributed by atoms with Gasteiger partial charge in [-0.25, -0.2) is 0 Å². The average molecular weight is 357 g/mol. The molecule has 0 aliphatic heterocycles. The Balaban J connectivity index is 1.91. The van der Waals surface area contributed by atoms with Crippen LogP contribution in [0.15, 0.2) is 71.1 Å². The van der Waals surface area contributed by atoms with E-state index in [9.17, 15) is 0 Å². The van der Waals surface area contributed by atoms with Gasteiger partial charge in [0.1, 0.15) is 11.2 Å². The fourth-order valence-corrected chi connectivity index (χ4v) is 3.79. The molecule has 0 radical (unpaired) electrons. The van der Waals surface area contributed by atoms with E-state index in [4.69, 9.17) is 4.42 Å². The van der Waals surface area contributed by atoms with E-state index in [0.29, 0.717) is 6.04 Å². The summed E-state index contributed by atoms with van der Waals surface area (Å²) in [5.74, 6) is 0. The molecule has 0 saturated carbocycles. The van der Waals surface area contributed by atoms with Crippen molar-refractivity contribution in [2.24, 2.45) is 0 Å².